The molecule has 4 atom stereocenters. The summed E-state index contributed by atoms with van der Waals surface area (Å²) in [6.45, 7) is 5.30. The van der Waals surface area contributed by atoms with Gasteiger partial charge in [-0.15, -0.1) is 0 Å². The molecule has 8 heteroatoms. The third kappa shape index (κ3) is 5.38. The quantitative estimate of drug-likeness (QED) is 0.320. The average molecular weight is 543 g/mol. The highest BCUT2D eigenvalue weighted by Gasteiger charge is 2.39. The van der Waals surface area contributed by atoms with E-state index in [0.29, 0.717) is 6.54 Å². The fraction of sp³-hybridized carbons (Fsp3) is 0.406. The number of hydrogen-bond acceptors (Lipinski definition) is 6. The van der Waals surface area contributed by atoms with Crippen molar-refractivity contribution in [3.8, 4) is 0 Å². The molecule has 2 aliphatic rings. The predicted octanol–water partition coefficient (Wildman–Crippen LogP) is 4.41. The van der Waals surface area contributed by atoms with Crippen LogP contribution >= 0.6 is 0 Å². The summed E-state index contributed by atoms with van der Waals surface area (Å²) in [5.74, 6) is 0.119. The predicted molar refractivity (Wildman–Crippen MR) is 155 cm³/mol. The number of likely N-dealkylation sites (tertiary alicyclic amines) is 1. The van der Waals surface area contributed by atoms with E-state index < -0.39 is 6.29 Å². The van der Waals surface area contributed by atoms with E-state index in [2.05, 4.69) is 16.8 Å². The average Bonchev–Trinajstić information content (AvgIpc) is 3.34. The molecule has 3 aromatic carbocycles. The van der Waals surface area contributed by atoms with Crippen molar-refractivity contribution in [3.63, 3.8) is 0 Å². The fourth-order valence-corrected chi connectivity index (χ4v) is 6.19. The summed E-state index contributed by atoms with van der Waals surface area (Å²) >= 11 is 0. The van der Waals surface area contributed by atoms with Crippen LogP contribution in [-0.4, -0.2) is 45.3 Å². The number of para-hydroxylation sites is 2. The number of piperidine rings is 1. The van der Waals surface area contributed by atoms with E-state index in [0.717, 1.165) is 65.8 Å². The molecule has 0 saturated carbocycles. The molecular formula is C32H38N4O4. The zero-order valence-corrected chi connectivity index (χ0v) is 22.9. The summed E-state index contributed by atoms with van der Waals surface area (Å²) in [7, 11) is 0. The van der Waals surface area contributed by atoms with Gasteiger partial charge in [-0.2, -0.15) is 0 Å². The standard InChI is InChI=1S/C32H38N4O4/c1-21-29(19-35-16-14-26(15-17-35)36-28-5-3-2-4-27(28)34-32(36)38)39-31(25-12-6-22(18-33)7-13-25)40-30(21)24-10-8-23(20-37)9-11-24/h2-13,21,26,29-31,37H,14-20,33H2,1H3,(H,34,38)/t21-,29+,30+,31?/m0/s1. The van der Waals surface area contributed by atoms with Gasteiger partial charge in [0, 0.05) is 43.7 Å². The Hall–Kier alpha value is -3.27. The van der Waals surface area contributed by atoms with Crippen LogP contribution in [-0.2, 0) is 22.6 Å². The Balaban J connectivity index is 1.19. The van der Waals surface area contributed by atoms with E-state index in [1.807, 2.05) is 77.4 Å². The first-order chi connectivity index (χ1) is 19.5. The van der Waals surface area contributed by atoms with Crippen LogP contribution in [0.25, 0.3) is 11.0 Å². The maximum atomic E-state index is 12.7. The molecule has 0 amide bonds. The molecule has 4 aromatic rings. The number of rotatable bonds is 7. The third-order valence-corrected chi connectivity index (χ3v) is 8.60. The van der Waals surface area contributed by atoms with Crippen molar-refractivity contribution in [1.29, 1.82) is 0 Å². The van der Waals surface area contributed by atoms with Gasteiger partial charge in [-0.05, 0) is 41.7 Å². The number of nitrogens with two attached hydrogens (primary N) is 1. The van der Waals surface area contributed by atoms with Crippen LogP contribution < -0.4 is 11.4 Å². The van der Waals surface area contributed by atoms with E-state index in [1.165, 1.54) is 0 Å². The molecule has 0 aliphatic carbocycles. The third-order valence-electron chi connectivity index (χ3n) is 8.60. The molecule has 3 heterocycles. The van der Waals surface area contributed by atoms with Gasteiger partial charge in [0.25, 0.3) is 0 Å². The Morgan fingerprint density at radius 1 is 0.925 bits per heavy atom. The summed E-state index contributed by atoms with van der Waals surface area (Å²) in [4.78, 5) is 18.2. The van der Waals surface area contributed by atoms with E-state index in [-0.39, 0.29) is 36.5 Å². The lowest BCUT2D eigenvalue weighted by Crippen LogP contribution is -2.47. The van der Waals surface area contributed by atoms with Crippen molar-refractivity contribution in [1.82, 2.24) is 14.5 Å². The molecule has 0 bridgehead atoms. The minimum Gasteiger partial charge on any atom is -0.392 e. The van der Waals surface area contributed by atoms with Gasteiger partial charge in [0.05, 0.1) is 29.8 Å². The zero-order chi connectivity index (χ0) is 27.6. The number of nitrogens with one attached hydrogen (secondary N) is 1. The largest absolute Gasteiger partial charge is 0.392 e. The number of benzene rings is 3. The van der Waals surface area contributed by atoms with Gasteiger partial charge in [0.2, 0.25) is 0 Å². The van der Waals surface area contributed by atoms with Crippen molar-refractivity contribution < 1.29 is 14.6 Å². The topological polar surface area (TPSA) is 106 Å². The smallest absolute Gasteiger partial charge is 0.326 e. The Morgan fingerprint density at radius 3 is 2.30 bits per heavy atom. The van der Waals surface area contributed by atoms with Gasteiger partial charge in [-0.25, -0.2) is 4.79 Å². The number of H-pyrrole nitrogens is 1. The van der Waals surface area contributed by atoms with Crippen molar-refractivity contribution in [2.45, 2.75) is 57.5 Å². The van der Waals surface area contributed by atoms with Gasteiger partial charge in [0.1, 0.15) is 0 Å². The molecular weight excluding hydrogens is 504 g/mol. The Morgan fingerprint density at radius 2 is 1.60 bits per heavy atom. The molecule has 2 aliphatic heterocycles. The lowest BCUT2D eigenvalue weighted by molar-refractivity contribution is -0.276. The molecule has 0 radical (unpaired) electrons. The van der Waals surface area contributed by atoms with Crippen LogP contribution in [0.3, 0.4) is 0 Å². The number of hydrogen-bond donors (Lipinski definition) is 3. The van der Waals surface area contributed by atoms with Crippen LogP contribution in [0.1, 0.15) is 60.5 Å². The van der Waals surface area contributed by atoms with E-state index in [9.17, 15) is 9.90 Å². The van der Waals surface area contributed by atoms with Gasteiger partial charge in [-0.3, -0.25) is 4.57 Å². The number of aromatic amines is 1. The lowest BCUT2D eigenvalue weighted by Gasteiger charge is -2.44. The lowest BCUT2D eigenvalue weighted by atomic mass is 9.89. The monoisotopic (exact) mass is 542 g/mol. The van der Waals surface area contributed by atoms with Crippen LogP contribution in [0.15, 0.2) is 77.6 Å². The highest BCUT2D eigenvalue weighted by Crippen LogP contribution is 2.42. The zero-order valence-electron chi connectivity index (χ0n) is 22.9. The SMILES string of the molecule is C[C@H]1[C@@H](CN2CCC(n3c(=O)[nH]c4ccccc43)CC2)OC(c2ccc(CN)cc2)O[C@H]1c1ccc(CO)cc1. The Kier molecular flexibility index (Phi) is 7.87. The van der Waals surface area contributed by atoms with Gasteiger partial charge < -0.3 is 30.2 Å². The first-order valence-corrected chi connectivity index (χ1v) is 14.2. The van der Waals surface area contributed by atoms with Crippen LogP contribution in [0.4, 0.5) is 0 Å². The van der Waals surface area contributed by atoms with E-state index in [1.54, 1.807) is 0 Å². The van der Waals surface area contributed by atoms with Crippen LogP contribution in [0, 0.1) is 5.92 Å². The molecule has 6 rings (SSSR count). The summed E-state index contributed by atoms with van der Waals surface area (Å²) in [6, 6.07) is 24.2. The van der Waals surface area contributed by atoms with Crippen LogP contribution in [0.5, 0.6) is 0 Å². The highest BCUT2D eigenvalue weighted by atomic mass is 16.7. The summed E-state index contributed by atoms with van der Waals surface area (Å²) in [6.07, 6.45) is 1.15. The maximum Gasteiger partial charge on any atom is 0.326 e. The number of nitrogens with zero attached hydrogens (tertiary/aromatic N) is 2. The summed E-state index contributed by atoms with van der Waals surface area (Å²) in [5, 5.41) is 9.51. The highest BCUT2D eigenvalue weighted by molar-refractivity contribution is 5.75. The number of imidazole rings is 1. The fourth-order valence-electron chi connectivity index (χ4n) is 6.19. The molecule has 210 valence electrons. The first-order valence-electron chi connectivity index (χ1n) is 14.2. The van der Waals surface area contributed by atoms with E-state index >= 15 is 0 Å². The van der Waals surface area contributed by atoms with Crippen molar-refractivity contribution in [2.24, 2.45) is 11.7 Å². The van der Waals surface area contributed by atoms with Gasteiger partial charge in [-0.1, -0.05) is 67.6 Å². The number of fused-ring (bicyclic) bond motifs is 1. The number of aliphatic hydroxyl groups excluding tert-OH is 1. The van der Waals surface area contributed by atoms with Crippen molar-refractivity contribution >= 4 is 11.0 Å². The second kappa shape index (κ2) is 11.7. The second-order valence-electron chi connectivity index (χ2n) is 11.1. The molecule has 2 saturated heterocycles. The Labute approximate surface area is 234 Å². The molecule has 1 aromatic heterocycles. The molecule has 2 fully saturated rings. The molecule has 4 N–H and O–H groups in total. The number of aliphatic hydroxyl groups is 1. The minimum absolute atomic E-state index is 0.0177. The number of aromatic nitrogens is 2. The molecule has 8 nitrogen and oxygen atoms in total. The number of ether oxygens (including phenoxy) is 2. The second-order valence-corrected chi connectivity index (χ2v) is 11.1. The normalized spacial score (nSPS) is 24.5. The van der Waals surface area contributed by atoms with Crippen LogP contribution in [0.2, 0.25) is 0 Å². The summed E-state index contributed by atoms with van der Waals surface area (Å²) in [5.41, 5.74) is 11.7. The maximum absolute atomic E-state index is 12.7. The van der Waals surface area contributed by atoms with E-state index in [4.69, 9.17) is 15.2 Å². The first kappa shape index (κ1) is 26.9. The van der Waals surface area contributed by atoms with Gasteiger partial charge in [0.15, 0.2) is 6.29 Å². The van der Waals surface area contributed by atoms with Crippen molar-refractivity contribution in [2.75, 3.05) is 19.6 Å². The molecule has 40 heavy (non-hydrogen) atoms. The minimum atomic E-state index is -0.488. The van der Waals surface area contributed by atoms with Gasteiger partial charge >= 0.3 is 5.69 Å². The molecule has 1 unspecified atom stereocenters. The Bertz CT molecular complexity index is 1470. The summed E-state index contributed by atoms with van der Waals surface area (Å²) < 4.78 is 15.2. The van der Waals surface area contributed by atoms with Crippen molar-refractivity contribution in [3.05, 3.63) is 106 Å². The molecule has 0 spiro atoms.